The molecule has 104 valence electrons. The minimum atomic E-state index is -1.26. The maximum absolute atomic E-state index is 11.7. The molecule has 1 rings (SSSR count). The summed E-state index contributed by atoms with van der Waals surface area (Å²) < 4.78 is 5.09. The fourth-order valence-electron chi connectivity index (χ4n) is 2.13. The Hall–Kier alpha value is -1.10. The second-order valence-electron chi connectivity index (χ2n) is 5.86. The highest BCUT2D eigenvalue weighted by Crippen LogP contribution is 2.23. The lowest BCUT2D eigenvalue weighted by molar-refractivity contribution is -0.163. The van der Waals surface area contributed by atoms with Crippen LogP contribution in [0.15, 0.2) is 0 Å². The third kappa shape index (κ3) is 5.04. The summed E-state index contributed by atoms with van der Waals surface area (Å²) in [6, 6.07) is -1.26. The molecule has 0 amide bonds. The number of nitrogens with one attached hydrogen (secondary N) is 1. The Bertz CT molecular complexity index is 303. The molecule has 1 saturated carbocycles. The number of esters is 1. The van der Waals surface area contributed by atoms with Crippen LogP contribution in [0, 0.1) is 5.92 Å². The van der Waals surface area contributed by atoms with Crippen molar-refractivity contribution < 1.29 is 19.4 Å². The molecule has 0 spiro atoms. The Morgan fingerprint density at radius 3 is 2.33 bits per heavy atom. The van der Waals surface area contributed by atoms with Crippen molar-refractivity contribution >= 4 is 11.9 Å². The molecule has 1 aliphatic carbocycles. The van der Waals surface area contributed by atoms with E-state index < -0.39 is 23.6 Å². The van der Waals surface area contributed by atoms with Crippen LogP contribution in [-0.4, -0.2) is 35.2 Å². The minimum absolute atomic E-state index is 0.481. The summed E-state index contributed by atoms with van der Waals surface area (Å²) in [6.45, 7) is 5.73. The Balaban J connectivity index is 2.48. The van der Waals surface area contributed by atoms with E-state index in [-0.39, 0.29) is 0 Å². The van der Waals surface area contributed by atoms with Crippen LogP contribution in [-0.2, 0) is 14.3 Å². The number of carbonyl (C=O) groups excluding carboxylic acids is 1. The lowest BCUT2D eigenvalue weighted by Crippen LogP contribution is -2.47. The van der Waals surface area contributed by atoms with E-state index in [9.17, 15) is 9.59 Å². The monoisotopic (exact) mass is 257 g/mol. The number of hydrogen-bond donors (Lipinski definition) is 2. The molecule has 0 heterocycles. The first-order chi connectivity index (χ1) is 8.29. The van der Waals surface area contributed by atoms with Gasteiger partial charge in [-0.3, -0.25) is 5.32 Å². The van der Waals surface area contributed by atoms with Crippen molar-refractivity contribution in [2.24, 2.45) is 5.92 Å². The summed E-state index contributed by atoms with van der Waals surface area (Å²) in [4.78, 5) is 22.8. The highest BCUT2D eigenvalue weighted by Gasteiger charge is 2.31. The van der Waals surface area contributed by atoms with Gasteiger partial charge in [0.05, 0.1) is 0 Å². The van der Waals surface area contributed by atoms with Crippen LogP contribution in [0.2, 0.25) is 0 Å². The number of rotatable bonds is 5. The molecule has 18 heavy (non-hydrogen) atoms. The predicted octanol–water partition coefficient (Wildman–Crippen LogP) is 1.56. The number of aliphatic carboxylic acids is 1. The summed E-state index contributed by atoms with van der Waals surface area (Å²) in [7, 11) is 0. The van der Waals surface area contributed by atoms with Crippen molar-refractivity contribution in [1.82, 2.24) is 5.32 Å². The van der Waals surface area contributed by atoms with Gasteiger partial charge in [0.1, 0.15) is 5.60 Å². The van der Waals surface area contributed by atoms with Crippen molar-refractivity contribution in [3.05, 3.63) is 0 Å². The maximum Gasteiger partial charge on any atom is 0.335 e. The molecule has 0 bridgehead atoms. The van der Waals surface area contributed by atoms with E-state index in [2.05, 4.69) is 5.32 Å². The van der Waals surface area contributed by atoms with E-state index in [0.29, 0.717) is 12.5 Å². The number of carboxylic acids is 1. The van der Waals surface area contributed by atoms with Crippen LogP contribution in [0.25, 0.3) is 0 Å². The standard InChI is InChI=1S/C13H23NO4/c1-13(2,3)18-12(17)10(11(15)16)14-8-9-6-4-5-7-9/h9-10,14H,4-8H2,1-3H3,(H,15,16). The average molecular weight is 257 g/mol. The molecule has 1 fully saturated rings. The molecule has 0 aromatic rings. The highest BCUT2D eigenvalue weighted by atomic mass is 16.6. The van der Waals surface area contributed by atoms with Gasteiger partial charge in [0.2, 0.25) is 6.04 Å². The predicted molar refractivity (Wildman–Crippen MR) is 67.2 cm³/mol. The average Bonchev–Trinajstić information content (AvgIpc) is 2.67. The first-order valence-corrected chi connectivity index (χ1v) is 6.48. The van der Waals surface area contributed by atoms with Gasteiger partial charge in [-0.2, -0.15) is 0 Å². The van der Waals surface area contributed by atoms with Crippen LogP contribution in [0.3, 0.4) is 0 Å². The van der Waals surface area contributed by atoms with E-state index in [1.807, 2.05) is 0 Å². The zero-order chi connectivity index (χ0) is 13.8. The van der Waals surface area contributed by atoms with Gasteiger partial charge in [-0.15, -0.1) is 0 Å². The molecule has 0 radical (unpaired) electrons. The zero-order valence-electron chi connectivity index (χ0n) is 11.4. The largest absolute Gasteiger partial charge is 0.480 e. The Morgan fingerprint density at radius 2 is 1.89 bits per heavy atom. The number of ether oxygens (including phenoxy) is 1. The fraction of sp³-hybridized carbons (Fsp3) is 0.846. The number of carbonyl (C=O) groups is 2. The van der Waals surface area contributed by atoms with Crippen molar-refractivity contribution in [3.63, 3.8) is 0 Å². The number of hydrogen-bond acceptors (Lipinski definition) is 4. The van der Waals surface area contributed by atoms with Crippen LogP contribution in [0.1, 0.15) is 46.5 Å². The quantitative estimate of drug-likeness (QED) is 0.577. The van der Waals surface area contributed by atoms with Crippen molar-refractivity contribution in [2.45, 2.75) is 58.1 Å². The molecule has 5 heteroatoms. The van der Waals surface area contributed by atoms with Gasteiger partial charge in [0, 0.05) is 0 Å². The lowest BCUT2D eigenvalue weighted by atomic mass is 10.1. The fourth-order valence-corrected chi connectivity index (χ4v) is 2.13. The molecule has 2 N–H and O–H groups in total. The first kappa shape index (κ1) is 15.0. The van der Waals surface area contributed by atoms with Gasteiger partial charge in [0.25, 0.3) is 0 Å². The van der Waals surface area contributed by atoms with Crippen LogP contribution < -0.4 is 5.32 Å². The molecule has 1 unspecified atom stereocenters. The van der Waals surface area contributed by atoms with Gasteiger partial charge < -0.3 is 9.84 Å². The van der Waals surface area contributed by atoms with E-state index >= 15 is 0 Å². The minimum Gasteiger partial charge on any atom is -0.480 e. The van der Waals surface area contributed by atoms with Gasteiger partial charge in [-0.05, 0) is 46.1 Å². The molecule has 5 nitrogen and oxygen atoms in total. The molecule has 1 aliphatic rings. The molecular formula is C13H23NO4. The van der Waals surface area contributed by atoms with Crippen LogP contribution >= 0.6 is 0 Å². The van der Waals surface area contributed by atoms with Gasteiger partial charge in [-0.25, -0.2) is 9.59 Å². The van der Waals surface area contributed by atoms with Crippen molar-refractivity contribution in [3.8, 4) is 0 Å². The Kier molecular flexibility index (Phi) is 5.14. The Morgan fingerprint density at radius 1 is 1.33 bits per heavy atom. The summed E-state index contributed by atoms with van der Waals surface area (Å²) in [5, 5.41) is 11.9. The first-order valence-electron chi connectivity index (χ1n) is 6.48. The highest BCUT2D eigenvalue weighted by molar-refractivity contribution is 5.98. The third-order valence-electron chi connectivity index (χ3n) is 2.97. The van der Waals surface area contributed by atoms with Gasteiger partial charge >= 0.3 is 11.9 Å². The van der Waals surface area contributed by atoms with Crippen LogP contribution in [0.5, 0.6) is 0 Å². The second-order valence-corrected chi connectivity index (χ2v) is 5.86. The molecule has 0 aromatic carbocycles. The van der Waals surface area contributed by atoms with Gasteiger partial charge in [-0.1, -0.05) is 12.8 Å². The lowest BCUT2D eigenvalue weighted by Gasteiger charge is -2.23. The van der Waals surface area contributed by atoms with Crippen LogP contribution in [0.4, 0.5) is 0 Å². The van der Waals surface area contributed by atoms with E-state index in [4.69, 9.17) is 9.84 Å². The Labute approximate surface area is 108 Å². The van der Waals surface area contributed by atoms with Crippen molar-refractivity contribution in [1.29, 1.82) is 0 Å². The van der Waals surface area contributed by atoms with E-state index in [1.54, 1.807) is 20.8 Å². The summed E-state index contributed by atoms with van der Waals surface area (Å²) in [6.07, 6.45) is 4.59. The third-order valence-corrected chi connectivity index (χ3v) is 2.97. The smallest absolute Gasteiger partial charge is 0.335 e. The topological polar surface area (TPSA) is 75.6 Å². The maximum atomic E-state index is 11.7. The molecule has 1 atom stereocenters. The van der Waals surface area contributed by atoms with Crippen molar-refractivity contribution in [2.75, 3.05) is 6.54 Å². The molecule has 0 saturated heterocycles. The summed E-state index contributed by atoms with van der Waals surface area (Å²) in [5.41, 5.74) is -0.667. The summed E-state index contributed by atoms with van der Waals surface area (Å²) in [5.74, 6) is -1.41. The molecule has 0 aliphatic heterocycles. The molecular weight excluding hydrogens is 234 g/mol. The van der Waals surface area contributed by atoms with E-state index in [0.717, 1.165) is 12.8 Å². The molecule has 0 aromatic heterocycles. The zero-order valence-corrected chi connectivity index (χ0v) is 11.4. The second kappa shape index (κ2) is 6.18. The normalized spacial score (nSPS) is 18.6. The number of carboxylic acid groups (broad SMARTS) is 1. The SMILES string of the molecule is CC(C)(C)OC(=O)C(NCC1CCCC1)C(=O)O. The van der Waals surface area contributed by atoms with Gasteiger partial charge in [0.15, 0.2) is 0 Å². The summed E-state index contributed by atoms with van der Waals surface area (Å²) >= 11 is 0. The van der Waals surface area contributed by atoms with E-state index in [1.165, 1.54) is 12.8 Å².